The quantitative estimate of drug-likeness (QED) is 0.832. The molecule has 0 aromatic heterocycles. The van der Waals surface area contributed by atoms with Gasteiger partial charge in [0.2, 0.25) is 0 Å². The second-order valence-electron chi connectivity index (χ2n) is 4.55. The zero-order valence-corrected chi connectivity index (χ0v) is 10.9. The Labute approximate surface area is 121 Å². The molecule has 1 rings (SSSR count). The number of carboxylic acids is 1. The normalized spacial score (nSPS) is 13.8. The predicted molar refractivity (Wildman–Crippen MR) is 65.7 cm³/mol. The molecule has 0 aliphatic rings. The zero-order valence-electron chi connectivity index (χ0n) is 10.9. The van der Waals surface area contributed by atoms with Crippen molar-refractivity contribution in [2.45, 2.75) is 24.8 Å². The molecule has 3 nitrogen and oxygen atoms in total. The van der Waals surface area contributed by atoms with Crippen molar-refractivity contribution in [2.75, 3.05) is 0 Å². The second-order valence-corrected chi connectivity index (χ2v) is 4.55. The van der Waals surface area contributed by atoms with E-state index in [1.807, 2.05) is 0 Å². The third-order valence-electron chi connectivity index (χ3n) is 2.78. The van der Waals surface area contributed by atoms with Crippen LogP contribution in [0.3, 0.4) is 0 Å². The summed E-state index contributed by atoms with van der Waals surface area (Å²) in [6, 6.07) is -0.539. The van der Waals surface area contributed by atoms with E-state index >= 15 is 0 Å². The van der Waals surface area contributed by atoms with Gasteiger partial charge in [-0.2, -0.15) is 26.3 Å². The van der Waals surface area contributed by atoms with Crippen molar-refractivity contribution in [3.05, 3.63) is 41.5 Å². The van der Waals surface area contributed by atoms with Crippen molar-refractivity contribution in [3.8, 4) is 0 Å². The van der Waals surface area contributed by atoms with Crippen LogP contribution in [-0.4, -0.2) is 17.1 Å². The van der Waals surface area contributed by atoms with Crippen molar-refractivity contribution in [2.24, 2.45) is 5.73 Å². The van der Waals surface area contributed by atoms with Gasteiger partial charge in [0, 0.05) is 0 Å². The molecule has 0 bridgehead atoms. The van der Waals surface area contributed by atoms with Gasteiger partial charge in [-0.25, -0.2) is 0 Å². The van der Waals surface area contributed by atoms with Gasteiger partial charge in [0.15, 0.2) is 0 Å². The van der Waals surface area contributed by atoms with Gasteiger partial charge in [-0.3, -0.25) is 4.79 Å². The summed E-state index contributed by atoms with van der Waals surface area (Å²) < 4.78 is 76.0. The van der Waals surface area contributed by atoms with Gasteiger partial charge in [-0.05, 0) is 35.8 Å². The summed E-state index contributed by atoms with van der Waals surface area (Å²) in [6.07, 6.45) is -10.4. The maximum absolute atomic E-state index is 12.7. The number of rotatable bonds is 4. The molecule has 3 N–H and O–H groups in total. The topological polar surface area (TPSA) is 63.3 Å². The number of hydrogen-bond acceptors (Lipinski definition) is 2. The highest BCUT2D eigenvalue weighted by Crippen LogP contribution is 2.37. The Bertz CT molecular complexity index is 559. The van der Waals surface area contributed by atoms with Crippen LogP contribution in [0.5, 0.6) is 0 Å². The summed E-state index contributed by atoms with van der Waals surface area (Å²) in [6.45, 7) is 3.32. The molecular formula is C13H11F6NO2. The van der Waals surface area contributed by atoms with Crippen LogP contribution < -0.4 is 5.73 Å². The van der Waals surface area contributed by atoms with Gasteiger partial charge in [-0.15, -0.1) is 0 Å². The van der Waals surface area contributed by atoms with Crippen LogP contribution in [0, 0.1) is 0 Å². The van der Waals surface area contributed by atoms with Gasteiger partial charge < -0.3 is 10.8 Å². The van der Waals surface area contributed by atoms with E-state index in [2.05, 4.69) is 6.58 Å². The van der Waals surface area contributed by atoms with Crippen molar-refractivity contribution in [1.82, 2.24) is 0 Å². The Kier molecular flexibility index (Phi) is 4.91. The highest BCUT2D eigenvalue weighted by atomic mass is 19.4. The SMILES string of the molecule is C=C(C[C@H](N)C(=O)O)c1cc(C(F)(F)F)cc(C(F)(F)F)c1. The average Bonchev–Trinajstić information content (AvgIpc) is 2.35. The van der Waals surface area contributed by atoms with Crippen molar-refractivity contribution in [1.29, 1.82) is 0 Å². The van der Waals surface area contributed by atoms with E-state index in [4.69, 9.17) is 10.8 Å². The lowest BCUT2D eigenvalue weighted by atomic mass is 9.96. The van der Waals surface area contributed by atoms with Crippen LogP contribution in [0.25, 0.3) is 5.57 Å². The Hall–Kier alpha value is -2.03. The van der Waals surface area contributed by atoms with Gasteiger partial charge in [-0.1, -0.05) is 6.58 Å². The number of nitrogens with two attached hydrogens (primary N) is 1. The van der Waals surface area contributed by atoms with Gasteiger partial charge in [0.25, 0.3) is 0 Å². The fraction of sp³-hybridized carbons (Fsp3) is 0.308. The fourth-order valence-electron chi connectivity index (χ4n) is 1.63. The lowest BCUT2D eigenvalue weighted by Gasteiger charge is -2.16. The van der Waals surface area contributed by atoms with Gasteiger partial charge in [0.05, 0.1) is 11.1 Å². The van der Waals surface area contributed by atoms with Crippen LogP contribution in [-0.2, 0) is 17.1 Å². The summed E-state index contributed by atoms with van der Waals surface area (Å²) in [5.41, 5.74) is 1.51. The number of carboxylic acid groups (broad SMARTS) is 1. The van der Waals surface area contributed by atoms with Crippen LogP contribution in [0.15, 0.2) is 24.8 Å². The molecule has 0 saturated heterocycles. The molecule has 1 aromatic carbocycles. The molecule has 22 heavy (non-hydrogen) atoms. The molecular weight excluding hydrogens is 316 g/mol. The monoisotopic (exact) mass is 327 g/mol. The van der Waals surface area contributed by atoms with Crippen LogP contribution in [0.4, 0.5) is 26.3 Å². The second kappa shape index (κ2) is 5.99. The summed E-state index contributed by atoms with van der Waals surface area (Å²) in [7, 11) is 0. The van der Waals surface area contributed by atoms with Crippen LogP contribution in [0.2, 0.25) is 0 Å². The first-order valence-corrected chi connectivity index (χ1v) is 5.78. The maximum Gasteiger partial charge on any atom is 0.416 e. The molecule has 9 heteroatoms. The number of benzene rings is 1. The number of halogens is 6. The number of aliphatic carboxylic acids is 1. The minimum absolute atomic E-state index is 0.0199. The summed E-state index contributed by atoms with van der Waals surface area (Å²) >= 11 is 0. The Balaban J connectivity index is 3.30. The standard InChI is InChI=1S/C13H11F6NO2/c1-6(2-10(20)11(21)22)7-3-8(12(14,15)16)5-9(4-7)13(17,18)19/h3-5,10H,1-2,20H2,(H,21,22)/t10-/m0/s1. The molecule has 1 aromatic rings. The molecule has 0 unspecified atom stereocenters. The zero-order chi connectivity index (χ0) is 17.3. The molecule has 0 heterocycles. The average molecular weight is 327 g/mol. The van der Waals surface area contributed by atoms with E-state index < -0.39 is 47.5 Å². The lowest BCUT2D eigenvalue weighted by Crippen LogP contribution is -2.30. The van der Waals surface area contributed by atoms with Crippen molar-refractivity contribution >= 4 is 11.5 Å². The smallest absolute Gasteiger partial charge is 0.416 e. The Morgan fingerprint density at radius 3 is 1.82 bits per heavy atom. The van der Waals surface area contributed by atoms with E-state index in [1.54, 1.807) is 0 Å². The third-order valence-corrected chi connectivity index (χ3v) is 2.78. The van der Waals surface area contributed by atoms with E-state index in [-0.39, 0.29) is 11.6 Å². The third kappa shape index (κ3) is 4.48. The van der Waals surface area contributed by atoms with Crippen LogP contribution in [0.1, 0.15) is 23.1 Å². The molecule has 0 radical (unpaired) electrons. The first-order chi connectivity index (χ1) is 9.82. The Morgan fingerprint density at radius 1 is 1.09 bits per heavy atom. The fourth-order valence-corrected chi connectivity index (χ4v) is 1.63. The molecule has 0 amide bonds. The molecule has 0 fully saturated rings. The van der Waals surface area contributed by atoms with Gasteiger partial charge in [0.1, 0.15) is 6.04 Å². The molecule has 0 saturated carbocycles. The van der Waals surface area contributed by atoms with Crippen LogP contribution >= 0.6 is 0 Å². The molecule has 0 aliphatic carbocycles. The minimum atomic E-state index is -4.98. The maximum atomic E-state index is 12.7. The summed E-state index contributed by atoms with van der Waals surface area (Å²) in [5.74, 6) is -1.44. The largest absolute Gasteiger partial charge is 0.480 e. The van der Waals surface area contributed by atoms with Crippen molar-refractivity contribution < 1.29 is 36.2 Å². The highest BCUT2D eigenvalue weighted by Gasteiger charge is 2.37. The molecule has 1 atom stereocenters. The van der Waals surface area contributed by atoms with E-state index in [0.29, 0.717) is 12.1 Å². The van der Waals surface area contributed by atoms with Gasteiger partial charge >= 0.3 is 18.3 Å². The molecule has 0 spiro atoms. The van der Waals surface area contributed by atoms with E-state index in [1.165, 1.54) is 0 Å². The first-order valence-electron chi connectivity index (χ1n) is 5.78. The van der Waals surface area contributed by atoms with Crippen molar-refractivity contribution in [3.63, 3.8) is 0 Å². The molecule has 122 valence electrons. The first kappa shape index (κ1) is 18.0. The van der Waals surface area contributed by atoms with E-state index in [0.717, 1.165) is 0 Å². The number of alkyl halides is 6. The summed E-state index contributed by atoms with van der Waals surface area (Å²) in [5, 5.41) is 8.62. The highest BCUT2D eigenvalue weighted by molar-refractivity contribution is 5.77. The Morgan fingerprint density at radius 2 is 1.50 bits per heavy atom. The molecule has 0 aliphatic heterocycles. The lowest BCUT2D eigenvalue weighted by molar-refractivity contribution is -0.143. The number of hydrogen-bond donors (Lipinski definition) is 2. The minimum Gasteiger partial charge on any atom is -0.480 e. The summed E-state index contributed by atoms with van der Waals surface area (Å²) in [4.78, 5) is 10.6. The van der Waals surface area contributed by atoms with E-state index in [9.17, 15) is 31.1 Å². The number of carbonyl (C=O) groups is 1. The predicted octanol–water partition coefficient (Wildman–Crippen LogP) is 3.54.